The summed E-state index contributed by atoms with van der Waals surface area (Å²) in [6, 6.07) is 12.9. The molecule has 0 saturated heterocycles. The second-order valence-corrected chi connectivity index (χ2v) is 7.13. The molecule has 2 N–H and O–H groups in total. The van der Waals surface area contributed by atoms with E-state index >= 15 is 0 Å². The summed E-state index contributed by atoms with van der Waals surface area (Å²) in [5, 5.41) is 4.26. The topological polar surface area (TPSA) is 44.9 Å². The van der Waals surface area contributed by atoms with Gasteiger partial charge in [-0.15, -0.1) is 0 Å². The third kappa shape index (κ3) is 1.94. The van der Waals surface area contributed by atoms with Gasteiger partial charge < -0.3 is 10.3 Å². The van der Waals surface area contributed by atoms with Crippen molar-refractivity contribution in [3.63, 3.8) is 0 Å². The highest BCUT2D eigenvalue weighted by Gasteiger charge is 2.22. The number of aromatic amines is 1. The van der Waals surface area contributed by atoms with Crippen molar-refractivity contribution in [1.82, 2.24) is 10.3 Å². The normalized spacial score (nSPS) is 19.2. The summed E-state index contributed by atoms with van der Waals surface area (Å²) in [4.78, 5) is 15.4. The van der Waals surface area contributed by atoms with Crippen molar-refractivity contribution in [2.24, 2.45) is 0 Å². The van der Waals surface area contributed by atoms with E-state index in [-0.39, 0.29) is 5.91 Å². The first kappa shape index (κ1) is 13.8. The molecule has 0 spiro atoms. The molecule has 1 aliphatic carbocycles. The summed E-state index contributed by atoms with van der Waals surface area (Å²) in [5.41, 5.74) is 8.50. The minimum Gasteiger partial charge on any atom is -0.358 e. The first-order valence-electron chi connectivity index (χ1n) is 8.77. The molecule has 0 radical (unpaired) electrons. The van der Waals surface area contributed by atoms with E-state index in [2.05, 4.69) is 47.6 Å². The SMILES string of the molecule is C[C@@H]1CCCc2c1[nH]c1ccc(-c3ccc4c(c3)CNC4=O)cc21. The molecule has 0 fully saturated rings. The van der Waals surface area contributed by atoms with Gasteiger partial charge >= 0.3 is 0 Å². The van der Waals surface area contributed by atoms with Crippen LogP contribution in [0, 0.1) is 0 Å². The maximum absolute atomic E-state index is 11.7. The van der Waals surface area contributed by atoms with Crippen molar-refractivity contribution in [2.75, 3.05) is 0 Å². The Kier molecular flexibility index (Phi) is 2.87. The van der Waals surface area contributed by atoms with Gasteiger partial charge in [0.2, 0.25) is 0 Å². The highest BCUT2D eigenvalue weighted by atomic mass is 16.1. The van der Waals surface area contributed by atoms with Crippen LogP contribution in [0.5, 0.6) is 0 Å². The number of aryl methyl sites for hydroxylation is 1. The Morgan fingerprint density at radius 1 is 1.08 bits per heavy atom. The molecule has 0 unspecified atom stereocenters. The van der Waals surface area contributed by atoms with Gasteiger partial charge in [-0.3, -0.25) is 4.79 Å². The Morgan fingerprint density at radius 2 is 1.92 bits per heavy atom. The number of H-pyrrole nitrogens is 1. The summed E-state index contributed by atoms with van der Waals surface area (Å²) in [7, 11) is 0. The van der Waals surface area contributed by atoms with Crippen LogP contribution in [-0.2, 0) is 13.0 Å². The van der Waals surface area contributed by atoms with Crippen molar-refractivity contribution in [1.29, 1.82) is 0 Å². The van der Waals surface area contributed by atoms with E-state index in [9.17, 15) is 4.79 Å². The molecule has 0 saturated carbocycles. The number of rotatable bonds is 1. The zero-order valence-electron chi connectivity index (χ0n) is 13.8. The van der Waals surface area contributed by atoms with Gasteiger partial charge in [0.15, 0.2) is 0 Å². The fourth-order valence-electron chi connectivity index (χ4n) is 4.28. The minimum atomic E-state index is 0.0423. The third-order valence-corrected chi connectivity index (χ3v) is 5.62. The Labute approximate surface area is 141 Å². The molecule has 1 atom stereocenters. The largest absolute Gasteiger partial charge is 0.358 e. The second-order valence-electron chi connectivity index (χ2n) is 7.13. The molecule has 24 heavy (non-hydrogen) atoms. The quantitative estimate of drug-likeness (QED) is 0.681. The van der Waals surface area contributed by atoms with Crippen LogP contribution in [0.4, 0.5) is 0 Å². The molecule has 5 rings (SSSR count). The van der Waals surface area contributed by atoms with Gasteiger partial charge in [-0.1, -0.05) is 19.1 Å². The lowest BCUT2D eigenvalue weighted by Crippen LogP contribution is -2.12. The van der Waals surface area contributed by atoms with Gasteiger partial charge in [-0.05, 0) is 71.7 Å². The number of hydrogen-bond donors (Lipinski definition) is 2. The highest BCUT2D eigenvalue weighted by molar-refractivity contribution is 5.99. The van der Waals surface area contributed by atoms with Crippen LogP contribution < -0.4 is 5.32 Å². The molecule has 3 heteroatoms. The summed E-state index contributed by atoms with van der Waals surface area (Å²) >= 11 is 0. The van der Waals surface area contributed by atoms with Crippen molar-refractivity contribution in [2.45, 2.75) is 38.6 Å². The van der Waals surface area contributed by atoms with E-state index in [0.29, 0.717) is 12.5 Å². The first-order chi connectivity index (χ1) is 11.7. The molecule has 0 bridgehead atoms. The van der Waals surface area contributed by atoms with Gasteiger partial charge in [0.25, 0.3) is 5.91 Å². The molecule has 2 aromatic carbocycles. The number of aromatic nitrogens is 1. The van der Waals surface area contributed by atoms with Gasteiger partial charge in [0.05, 0.1) is 0 Å². The number of amides is 1. The van der Waals surface area contributed by atoms with Gasteiger partial charge in [-0.2, -0.15) is 0 Å². The van der Waals surface area contributed by atoms with E-state index in [1.165, 1.54) is 52.5 Å². The molecule has 1 aromatic heterocycles. The van der Waals surface area contributed by atoms with Crippen molar-refractivity contribution in [3.8, 4) is 11.1 Å². The monoisotopic (exact) mass is 316 g/mol. The van der Waals surface area contributed by atoms with E-state index in [1.54, 1.807) is 0 Å². The van der Waals surface area contributed by atoms with E-state index < -0.39 is 0 Å². The lowest BCUT2D eigenvalue weighted by molar-refractivity contribution is 0.0966. The van der Waals surface area contributed by atoms with E-state index in [0.717, 1.165) is 11.1 Å². The molecular formula is C21H20N2O. The Morgan fingerprint density at radius 3 is 2.83 bits per heavy atom. The molecular weight excluding hydrogens is 296 g/mol. The summed E-state index contributed by atoms with van der Waals surface area (Å²) in [5.74, 6) is 0.669. The fourth-order valence-corrected chi connectivity index (χ4v) is 4.28. The summed E-state index contributed by atoms with van der Waals surface area (Å²) in [6.45, 7) is 2.96. The van der Waals surface area contributed by atoms with Crippen LogP contribution in [0.3, 0.4) is 0 Å². The van der Waals surface area contributed by atoms with Crippen LogP contribution in [0.2, 0.25) is 0 Å². The summed E-state index contributed by atoms with van der Waals surface area (Å²) in [6.07, 6.45) is 3.72. The zero-order chi connectivity index (χ0) is 16.3. The standard InChI is InChI=1S/C21H20N2O/c1-12-3-2-4-17-18-10-14(6-8-19(18)23-20(12)17)13-5-7-16-15(9-13)11-22-21(16)24/h5-10,12,23H,2-4,11H2,1H3,(H,22,24)/t12-/m1/s1. The maximum Gasteiger partial charge on any atom is 0.251 e. The molecule has 2 heterocycles. The van der Waals surface area contributed by atoms with Crippen LogP contribution >= 0.6 is 0 Å². The summed E-state index contributed by atoms with van der Waals surface area (Å²) < 4.78 is 0. The number of carbonyl (C=O) groups is 1. The fraction of sp³-hybridized carbons (Fsp3) is 0.286. The average Bonchev–Trinajstić information content (AvgIpc) is 3.16. The zero-order valence-corrected chi connectivity index (χ0v) is 13.8. The maximum atomic E-state index is 11.7. The first-order valence-corrected chi connectivity index (χ1v) is 8.77. The third-order valence-electron chi connectivity index (χ3n) is 5.62. The van der Waals surface area contributed by atoms with Crippen molar-refractivity contribution >= 4 is 16.8 Å². The molecule has 1 aliphatic heterocycles. The van der Waals surface area contributed by atoms with Crippen molar-refractivity contribution < 1.29 is 4.79 Å². The molecule has 2 aliphatic rings. The van der Waals surface area contributed by atoms with Crippen LogP contribution in [0.25, 0.3) is 22.0 Å². The number of benzene rings is 2. The van der Waals surface area contributed by atoms with Crippen molar-refractivity contribution in [3.05, 3.63) is 58.8 Å². The predicted molar refractivity (Wildman–Crippen MR) is 96.3 cm³/mol. The number of hydrogen-bond acceptors (Lipinski definition) is 1. The number of fused-ring (bicyclic) bond motifs is 4. The van der Waals surface area contributed by atoms with Crippen LogP contribution in [0.1, 0.15) is 52.9 Å². The lowest BCUT2D eigenvalue weighted by Gasteiger charge is -2.18. The molecule has 3 aromatic rings. The average molecular weight is 316 g/mol. The van der Waals surface area contributed by atoms with Gasteiger partial charge in [0, 0.05) is 28.7 Å². The van der Waals surface area contributed by atoms with Gasteiger partial charge in [0.1, 0.15) is 0 Å². The predicted octanol–water partition coefficient (Wildman–Crippen LogP) is 4.52. The number of carbonyl (C=O) groups excluding carboxylic acids is 1. The molecule has 1 amide bonds. The smallest absolute Gasteiger partial charge is 0.251 e. The Bertz CT molecular complexity index is 983. The lowest BCUT2D eigenvalue weighted by atomic mass is 9.87. The van der Waals surface area contributed by atoms with E-state index in [4.69, 9.17) is 0 Å². The van der Waals surface area contributed by atoms with Gasteiger partial charge in [-0.25, -0.2) is 0 Å². The Hall–Kier alpha value is -2.55. The second kappa shape index (κ2) is 4.97. The Balaban J connectivity index is 1.64. The minimum absolute atomic E-state index is 0.0423. The van der Waals surface area contributed by atoms with E-state index in [1.807, 2.05) is 6.07 Å². The number of nitrogens with one attached hydrogen (secondary N) is 2. The molecule has 3 nitrogen and oxygen atoms in total. The molecule has 120 valence electrons. The highest BCUT2D eigenvalue weighted by Crippen LogP contribution is 2.37. The van der Waals surface area contributed by atoms with Crippen LogP contribution in [-0.4, -0.2) is 10.9 Å². The van der Waals surface area contributed by atoms with Crippen LogP contribution in [0.15, 0.2) is 36.4 Å².